The first-order chi connectivity index (χ1) is 12.7. The van der Waals surface area contributed by atoms with Crippen LogP contribution < -0.4 is 10.2 Å². The summed E-state index contributed by atoms with van der Waals surface area (Å²) in [6, 6.07) is 8.10. The number of H-pyrrole nitrogens is 1. The normalized spacial score (nSPS) is 17.4. The molecule has 4 rings (SSSR count). The van der Waals surface area contributed by atoms with E-state index in [9.17, 15) is 4.79 Å². The van der Waals surface area contributed by atoms with E-state index in [1.807, 2.05) is 24.4 Å². The predicted molar refractivity (Wildman–Crippen MR) is 102 cm³/mol. The van der Waals surface area contributed by atoms with Crippen molar-refractivity contribution in [1.82, 2.24) is 20.3 Å². The van der Waals surface area contributed by atoms with Crippen molar-refractivity contribution in [3.63, 3.8) is 0 Å². The molecule has 3 aromatic rings. The quantitative estimate of drug-likeness (QED) is 0.759. The second-order valence-corrected chi connectivity index (χ2v) is 6.89. The Morgan fingerprint density at radius 3 is 3.00 bits per heavy atom. The van der Waals surface area contributed by atoms with Gasteiger partial charge in [0.25, 0.3) is 0 Å². The molecule has 6 nitrogen and oxygen atoms in total. The van der Waals surface area contributed by atoms with Gasteiger partial charge in [-0.15, -0.1) is 0 Å². The van der Waals surface area contributed by atoms with E-state index in [1.165, 1.54) is 5.56 Å². The molecule has 6 heteroatoms. The monoisotopic (exact) mass is 349 g/mol. The number of aryl methyl sites for hydroxylation is 1. The molecule has 1 fully saturated rings. The van der Waals surface area contributed by atoms with Crippen LogP contribution >= 0.6 is 0 Å². The largest absolute Gasteiger partial charge is 0.361 e. The Balaban J connectivity index is 1.41. The fraction of sp³-hybridized carbons (Fsp3) is 0.350. The van der Waals surface area contributed by atoms with Gasteiger partial charge in [0.15, 0.2) is 0 Å². The van der Waals surface area contributed by atoms with Crippen LogP contribution in [0.2, 0.25) is 0 Å². The average Bonchev–Trinajstić information content (AvgIpc) is 3.07. The molecule has 2 N–H and O–H groups in total. The smallest absolute Gasteiger partial charge is 0.225 e. The summed E-state index contributed by atoms with van der Waals surface area (Å²) in [6.45, 7) is 3.76. The Labute approximate surface area is 152 Å². The minimum absolute atomic E-state index is 0.0648. The number of hydrogen-bond acceptors (Lipinski definition) is 4. The van der Waals surface area contributed by atoms with Gasteiger partial charge in [0.2, 0.25) is 11.9 Å². The third-order valence-electron chi connectivity index (χ3n) is 4.97. The van der Waals surface area contributed by atoms with Gasteiger partial charge >= 0.3 is 0 Å². The van der Waals surface area contributed by atoms with Gasteiger partial charge in [0, 0.05) is 48.6 Å². The standard InChI is InChI=1S/C20H23N5O/c1-14-5-2-7-17-19(14)15(12-23-17)11-18(26)24-16-6-3-10-25(13-16)20-21-8-4-9-22-20/h2,4-5,7-9,12,16,23H,3,6,10-11,13H2,1H3,(H,24,26). The lowest BCUT2D eigenvalue weighted by atomic mass is 10.0. The van der Waals surface area contributed by atoms with Gasteiger partial charge in [-0.05, 0) is 43.0 Å². The summed E-state index contributed by atoms with van der Waals surface area (Å²) < 4.78 is 0. The molecule has 0 spiro atoms. The molecule has 1 saturated heterocycles. The first-order valence-corrected chi connectivity index (χ1v) is 9.07. The predicted octanol–water partition coefficient (Wildman–Crippen LogP) is 2.59. The Morgan fingerprint density at radius 1 is 1.31 bits per heavy atom. The van der Waals surface area contributed by atoms with Gasteiger partial charge in [0.1, 0.15) is 0 Å². The van der Waals surface area contributed by atoms with Gasteiger partial charge in [-0.3, -0.25) is 4.79 Å². The third kappa shape index (κ3) is 3.40. The molecule has 0 bridgehead atoms. The fourth-order valence-corrected chi connectivity index (χ4v) is 3.77. The Kier molecular flexibility index (Phi) is 4.56. The van der Waals surface area contributed by atoms with Crippen molar-refractivity contribution >= 4 is 22.8 Å². The minimum atomic E-state index is 0.0648. The summed E-state index contributed by atoms with van der Waals surface area (Å²) in [6.07, 6.45) is 7.86. The van der Waals surface area contributed by atoms with E-state index < -0.39 is 0 Å². The number of aromatic nitrogens is 3. The van der Waals surface area contributed by atoms with E-state index >= 15 is 0 Å². The number of anilines is 1. The number of carbonyl (C=O) groups is 1. The summed E-state index contributed by atoms with van der Waals surface area (Å²) in [5.74, 6) is 0.800. The van der Waals surface area contributed by atoms with Crippen molar-refractivity contribution in [3.8, 4) is 0 Å². The van der Waals surface area contributed by atoms with Crippen LogP contribution in [0.4, 0.5) is 5.95 Å². The van der Waals surface area contributed by atoms with E-state index in [1.54, 1.807) is 12.4 Å². The van der Waals surface area contributed by atoms with Gasteiger partial charge in [-0.1, -0.05) is 12.1 Å². The molecule has 0 radical (unpaired) electrons. The average molecular weight is 349 g/mol. The highest BCUT2D eigenvalue weighted by Crippen LogP contribution is 2.22. The highest BCUT2D eigenvalue weighted by molar-refractivity contribution is 5.91. The highest BCUT2D eigenvalue weighted by Gasteiger charge is 2.23. The minimum Gasteiger partial charge on any atom is -0.361 e. The molecule has 3 heterocycles. The number of aromatic amines is 1. The number of benzene rings is 1. The lowest BCUT2D eigenvalue weighted by Gasteiger charge is -2.33. The van der Waals surface area contributed by atoms with Crippen LogP contribution in [-0.2, 0) is 11.2 Å². The topological polar surface area (TPSA) is 73.9 Å². The molecule has 1 aromatic carbocycles. The second kappa shape index (κ2) is 7.15. The zero-order valence-electron chi connectivity index (χ0n) is 14.9. The van der Waals surface area contributed by atoms with E-state index in [2.05, 4.69) is 38.2 Å². The highest BCUT2D eigenvalue weighted by atomic mass is 16.1. The number of rotatable bonds is 4. The van der Waals surface area contributed by atoms with Crippen LogP contribution in [0.15, 0.2) is 42.9 Å². The zero-order valence-corrected chi connectivity index (χ0v) is 14.9. The lowest BCUT2D eigenvalue weighted by Crippen LogP contribution is -2.48. The van der Waals surface area contributed by atoms with Crippen molar-refractivity contribution in [2.45, 2.75) is 32.2 Å². The SMILES string of the molecule is Cc1cccc2[nH]cc(CC(=O)NC3CCCN(c4ncccn4)C3)c12. The van der Waals surface area contributed by atoms with Crippen LogP contribution in [0.5, 0.6) is 0 Å². The van der Waals surface area contributed by atoms with Crippen molar-refractivity contribution in [1.29, 1.82) is 0 Å². The van der Waals surface area contributed by atoms with E-state index in [0.717, 1.165) is 48.3 Å². The Bertz CT molecular complexity index is 905. The van der Waals surface area contributed by atoms with Crippen LogP contribution in [0, 0.1) is 6.92 Å². The summed E-state index contributed by atoms with van der Waals surface area (Å²) in [5.41, 5.74) is 3.32. The van der Waals surface area contributed by atoms with Crippen molar-refractivity contribution in [2.24, 2.45) is 0 Å². The molecule has 134 valence electrons. The third-order valence-corrected chi connectivity index (χ3v) is 4.97. The number of carbonyl (C=O) groups excluding carboxylic acids is 1. The maximum atomic E-state index is 12.6. The fourth-order valence-electron chi connectivity index (χ4n) is 3.77. The summed E-state index contributed by atoms with van der Waals surface area (Å²) in [4.78, 5) is 26.6. The van der Waals surface area contributed by atoms with E-state index in [4.69, 9.17) is 0 Å². The van der Waals surface area contributed by atoms with Gasteiger partial charge in [0.05, 0.1) is 6.42 Å². The van der Waals surface area contributed by atoms with Crippen LogP contribution in [0.1, 0.15) is 24.0 Å². The number of fused-ring (bicyclic) bond motifs is 1. The van der Waals surface area contributed by atoms with Gasteiger partial charge in [-0.25, -0.2) is 9.97 Å². The first-order valence-electron chi connectivity index (χ1n) is 9.07. The van der Waals surface area contributed by atoms with Crippen molar-refractivity contribution in [2.75, 3.05) is 18.0 Å². The van der Waals surface area contributed by atoms with Crippen LogP contribution in [0.25, 0.3) is 10.9 Å². The van der Waals surface area contributed by atoms with E-state index in [-0.39, 0.29) is 11.9 Å². The molecular weight excluding hydrogens is 326 g/mol. The molecule has 2 aromatic heterocycles. The summed E-state index contributed by atoms with van der Waals surface area (Å²) >= 11 is 0. The number of hydrogen-bond donors (Lipinski definition) is 2. The lowest BCUT2D eigenvalue weighted by molar-refractivity contribution is -0.121. The molecule has 1 amide bonds. The molecule has 1 aliphatic heterocycles. The second-order valence-electron chi connectivity index (χ2n) is 6.89. The molecule has 1 unspecified atom stereocenters. The summed E-state index contributed by atoms with van der Waals surface area (Å²) in [5, 5.41) is 4.35. The Morgan fingerprint density at radius 2 is 2.15 bits per heavy atom. The molecular formula is C20H23N5O. The molecule has 0 saturated carbocycles. The number of piperidine rings is 1. The van der Waals surface area contributed by atoms with Crippen molar-refractivity contribution in [3.05, 3.63) is 54.0 Å². The van der Waals surface area contributed by atoms with Gasteiger partial charge in [-0.2, -0.15) is 0 Å². The first kappa shape index (κ1) is 16.6. The Hall–Kier alpha value is -2.89. The zero-order chi connectivity index (χ0) is 17.9. The molecule has 0 aliphatic carbocycles. The number of nitrogens with zero attached hydrogens (tertiary/aromatic N) is 3. The van der Waals surface area contributed by atoms with Crippen LogP contribution in [0.3, 0.4) is 0 Å². The maximum Gasteiger partial charge on any atom is 0.225 e. The van der Waals surface area contributed by atoms with Gasteiger partial charge < -0.3 is 15.2 Å². The molecule has 26 heavy (non-hydrogen) atoms. The van der Waals surface area contributed by atoms with Crippen LogP contribution in [-0.4, -0.2) is 40.0 Å². The summed E-state index contributed by atoms with van der Waals surface area (Å²) in [7, 11) is 0. The maximum absolute atomic E-state index is 12.6. The number of amides is 1. The van der Waals surface area contributed by atoms with Crippen molar-refractivity contribution < 1.29 is 4.79 Å². The van der Waals surface area contributed by atoms with E-state index in [0.29, 0.717) is 6.42 Å². The number of nitrogens with one attached hydrogen (secondary N) is 2. The molecule has 1 atom stereocenters. The molecule has 1 aliphatic rings.